The third-order valence-corrected chi connectivity index (χ3v) is 1.59. The van der Waals surface area contributed by atoms with Gasteiger partial charge in [-0.25, -0.2) is 0 Å². The van der Waals surface area contributed by atoms with Crippen LogP contribution in [0.3, 0.4) is 0 Å². The molecule has 1 saturated heterocycles. The quantitative estimate of drug-likeness (QED) is 0.324. The number of β-amino-alcohol motifs (C(OH)–C–C–N with tert-alkyl or cyclic N) is 1. The van der Waals surface area contributed by atoms with Crippen LogP contribution in [0.15, 0.2) is 0 Å². The van der Waals surface area contributed by atoms with Crippen LogP contribution in [0.4, 0.5) is 0 Å². The number of nitrogens with one attached hydrogen (secondary N) is 1. The SMILES string of the molecule is OC[C@@H]1NC[C@@H](O)[C@@H]1O. The van der Waals surface area contributed by atoms with Crippen LogP contribution in [-0.4, -0.2) is 46.7 Å². The predicted octanol–water partition coefficient (Wildman–Crippen LogP) is -2.33. The van der Waals surface area contributed by atoms with Gasteiger partial charge in [0.1, 0.15) is 0 Å². The third kappa shape index (κ3) is 1.21. The van der Waals surface area contributed by atoms with Gasteiger partial charge in [-0.15, -0.1) is 0 Å². The molecule has 0 unspecified atom stereocenters. The van der Waals surface area contributed by atoms with Crippen molar-refractivity contribution in [2.75, 3.05) is 13.2 Å². The van der Waals surface area contributed by atoms with E-state index in [4.69, 9.17) is 15.3 Å². The van der Waals surface area contributed by atoms with E-state index in [2.05, 4.69) is 5.32 Å². The summed E-state index contributed by atoms with van der Waals surface area (Å²) in [6, 6.07) is -0.347. The van der Waals surface area contributed by atoms with Crippen molar-refractivity contribution in [1.29, 1.82) is 0 Å². The molecule has 1 fully saturated rings. The van der Waals surface area contributed by atoms with E-state index in [-0.39, 0.29) is 12.6 Å². The zero-order valence-corrected chi connectivity index (χ0v) is 4.99. The van der Waals surface area contributed by atoms with E-state index in [1.165, 1.54) is 0 Å². The Balaban J connectivity index is 2.41. The lowest BCUT2D eigenvalue weighted by Crippen LogP contribution is -2.35. The molecule has 4 N–H and O–H groups in total. The van der Waals surface area contributed by atoms with Gasteiger partial charge in [-0.3, -0.25) is 0 Å². The van der Waals surface area contributed by atoms with Gasteiger partial charge in [0.15, 0.2) is 0 Å². The van der Waals surface area contributed by atoms with Crippen LogP contribution in [0, 0.1) is 0 Å². The third-order valence-electron chi connectivity index (χ3n) is 1.59. The van der Waals surface area contributed by atoms with Crippen LogP contribution >= 0.6 is 0 Å². The summed E-state index contributed by atoms with van der Waals surface area (Å²) in [7, 11) is 0. The summed E-state index contributed by atoms with van der Waals surface area (Å²) in [5.74, 6) is 0. The minimum Gasteiger partial charge on any atom is -0.395 e. The first-order chi connectivity index (χ1) is 4.25. The van der Waals surface area contributed by atoms with E-state index in [1.54, 1.807) is 0 Å². The molecule has 9 heavy (non-hydrogen) atoms. The second-order valence-corrected chi connectivity index (χ2v) is 2.26. The first-order valence-electron chi connectivity index (χ1n) is 2.96. The molecule has 1 aliphatic rings. The van der Waals surface area contributed by atoms with Gasteiger partial charge in [0.05, 0.1) is 24.9 Å². The molecule has 0 aromatic heterocycles. The van der Waals surface area contributed by atoms with Crippen LogP contribution in [-0.2, 0) is 0 Å². The molecule has 0 aromatic rings. The second-order valence-electron chi connectivity index (χ2n) is 2.26. The summed E-state index contributed by atoms with van der Waals surface area (Å²) in [5.41, 5.74) is 0. The van der Waals surface area contributed by atoms with Gasteiger partial charge in [0.2, 0.25) is 0 Å². The molecular weight excluding hydrogens is 122 g/mol. The molecule has 4 nitrogen and oxygen atoms in total. The van der Waals surface area contributed by atoms with Gasteiger partial charge in [-0.05, 0) is 0 Å². The average Bonchev–Trinajstić information content (AvgIpc) is 2.15. The largest absolute Gasteiger partial charge is 0.395 e. The Labute approximate surface area is 53.1 Å². The smallest absolute Gasteiger partial charge is 0.0986 e. The summed E-state index contributed by atoms with van der Waals surface area (Å²) < 4.78 is 0. The maximum Gasteiger partial charge on any atom is 0.0986 e. The van der Waals surface area contributed by atoms with Crippen LogP contribution in [0.25, 0.3) is 0 Å². The maximum atomic E-state index is 8.98. The van der Waals surface area contributed by atoms with Crippen molar-refractivity contribution in [2.45, 2.75) is 18.2 Å². The van der Waals surface area contributed by atoms with Crippen LogP contribution in [0.5, 0.6) is 0 Å². The molecule has 54 valence electrons. The van der Waals surface area contributed by atoms with Gasteiger partial charge >= 0.3 is 0 Å². The van der Waals surface area contributed by atoms with E-state index in [1.807, 2.05) is 0 Å². The minimum atomic E-state index is -0.810. The zero-order chi connectivity index (χ0) is 6.85. The molecule has 1 rings (SSSR count). The van der Waals surface area contributed by atoms with Gasteiger partial charge in [0.25, 0.3) is 0 Å². The number of aliphatic hydroxyl groups is 3. The van der Waals surface area contributed by atoms with Crippen molar-refractivity contribution in [3.8, 4) is 0 Å². The molecule has 0 saturated carbocycles. The van der Waals surface area contributed by atoms with Crippen molar-refractivity contribution >= 4 is 0 Å². The Morgan fingerprint density at radius 1 is 1.44 bits per heavy atom. The Kier molecular flexibility index (Phi) is 2.02. The molecule has 0 aromatic carbocycles. The lowest BCUT2D eigenvalue weighted by Gasteiger charge is -2.11. The fraction of sp³-hybridized carbons (Fsp3) is 1.00. The maximum absolute atomic E-state index is 8.98. The Morgan fingerprint density at radius 2 is 2.11 bits per heavy atom. The van der Waals surface area contributed by atoms with Crippen molar-refractivity contribution in [3.05, 3.63) is 0 Å². The monoisotopic (exact) mass is 133 g/mol. The summed E-state index contributed by atoms with van der Waals surface area (Å²) in [6.45, 7) is 0.241. The average molecular weight is 133 g/mol. The van der Waals surface area contributed by atoms with E-state index in [0.29, 0.717) is 6.54 Å². The van der Waals surface area contributed by atoms with E-state index >= 15 is 0 Å². The number of hydrogen-bond donors (Lipinski definition) is 4. The molecule has 3 atom stereocenters. The fourth-order valence-electron chi connectivity index (χ4n) is 0.954. The summed E-state index contributed by atoms with van der Waals surface area (Å²) in [4.78, 5) is 0. The highest BCUT2D eigenvalue weighted by molar-refractivity contribution is 4.89. The highest BCUT2D eigenvalue weighted by atomic mass is 16.3. The lowest BCUT2D eigenvalue weighted by molar-refractivity contribution is 0.0295. The molecule has 0 amide bonds. The highest BCUT2D eigenvalue weighted by Crippen LogP contribution is 2.05. The van der Waals surface area contributed by atoms with Crippen LogP contribution < -0.4 is 5.32 Å². The van der Waals surface area contributed by atoms with Crippen molar-refractivity contribution < 1.29 is 15.3 Å². The lowest BCUT2D eigenvalue weighted by atomic mass is 10.1. The summed E-state index contributed by atoms with van der Waals surface area (Å²) in [6.07, 6.45) is -1.53. The highest BCUT2D eigenvalue weighted by Gasteiger charge is 2.31. The van der Waals surface area contributed by atoms with Crippen LogP contribution in [0.1, 0.15) is 0 Å². The Morgan fingerprint density at radius 3 is 2.33 bits per heavy atom. The van der Waals surface area contributed by atoms with E-state index < -0.39 is 12.2 Å². The summed E-state index contributed by atoms with van der Waals surface area (Å²) >= 11 is 0. The van der Waals surface area contributed by atoms with Crippen molar-refractivity contribution in [1.82, 2.24) is 5.32 Å². The number of aliphatic hydroxyl groups excluding tert-OH is 3. The number of hydrogen-bond acceptors (Lipinski definition) is 4. The normalized spacial score (nSPS) is 43.7. The Bertz CT molecular complexity index is 98.2. The first-order valence-corrected chi connectivity index (χ1v) is 2.96. The van der Waals surface area contributed by atoms with E-state index in [0.717, 1.165) is 0 Å². The van der Waals surface area contributed by atoms with Crippen molar-refractivity contribution in [3.63, 3.8) is 0 Å². The molecule has 0 radical (unpaired) electrons. The zero-order valence-electron chi connectivity index (χ0n) is 4.99. The van der Waals surface area contributed by atoms with Crippen molar-refractivity contribution in [2.24, 2.45) is 0 Å². The van der Waals surface area contributed by atoms with Gasteiger partial charge in [-0.2, -0.15) is 0 Å². The number of rotatable bonds is 1. The van der Waals surface area contributed by atoms with Gasteiger partial charge in [0, 0.05) is 6.54 Å². The van der Waals surface area contributed by atoms with Gasteiger partial charge < -0.3 is 20.6 Å². The first kappa shape index (κ1) is 6.95. The molecule has 0 bridgehead atoms. The molecule has 0 spiro atoms. The van der Waals surface area contributed by atoms with Gasteiger partial charge in [-0.1, -0.05) is 0 Å². The topological polar surface area (TPSA) is 72.7 Å². The Hall–Kier alpha value is -0.160. The summed E-state index contributed by atoms with van der Waals surface area (Å²) in [5, 5.41) is 29.1. The molecule has 0 aliphatic carbocycles. The molecule has 1 heterocycles. The van der Waals surface area contributed by atoms with E-state index in [9.17, 15) is 0 Å². The standard InChI is InChI=1S/C5H11NO3/c7-2-3-5(9)4(8)1-6-3/h3-9H,1-2H2/t3-,4+,5+/m0/s1. The molecule has 1 aliphatic heterocycles. The molecular formula is C5H11NO3. The second kappa shape index (κ2) is 2.62. The molecule has 4 heteroatoms. The fourth-order valence-corrected chi connectivity index (χ4v) is 0.954. The minimum absolute atomic E-state index is 0.127. The van der Waals surface area contributed by atoms with Crippen LogP contribution in [0.2, 0.25) is 0 Å². The predicted molar refractivity (Wildman–Crippen MR) is 30.9 cm³/mol.